The summed E-state index contributed by atoms with van der Waals surface area (Å²) in [7, 11) is 0. The lowest BCUT2D eigenvalue weighted by Crippen LogP contribution is -2.11. The van der Waals surface area contributed by atoms with Crippen LogP contribution in [-0.2, 0) is 0 Å². The number of aliphatic imine (C=N–C) groups is 1. The van der Waals surface area contributed by atoms with Crippen LogP contribution in [-0.4, -0.2) is 17.3 Å². The molecular formula is C12H15N3O2. The number of nitrogens with zero attached hydrogens (tertiary/aromatic N) is 2. The number of nitrogens with one attached hydrogen (secondary N) is 1. The van der Waals surface area contributed by atoms with E-state index in [9.17, 15) is 10.1 Å². The van der Waals surface area contributed by atoms with Crippen LogP contribution in [0.2, 0.25) is 0 Å². The maximum Gasteiger partial charge on any atom is 0.270 e. The van der Waals surface area contributed by atoms with Crippen LogP contribution in [0.4, 0.5) is 11.4 Å². The van der Waals surface area contributed by atoms with Gasteiger partial charge in [0.2, 0.25) is 0 Å². The number of rotatable bonds is 2. The van der Waals surface area contributed by atoms with E-state index in [0.717, 1.165) is 42.0 Å². The lowest BCUT2D eigenvalue weighted by atomic mass is 10.1. The molecule has 0 unspecified atom stereocenters. The molecule has 1 heterocycles. The van der Waals surface area contributed by atoms with Crippen molar-refractivity contribution in [2.75, 3.05) is 11.9 Å². The summed E-state index contributed by atoms with van der Waals surface area (Å²) in [5.74, 6) is 0.977. The molecule has 5 heteroatoms. The molecule has 5 nitrogen and oxygen atoms in total. The van der Waals surface area contributed by atoms with Crippen LogP contribution >= 0.6 is 0 Å². The fourth-order valence-corrected chi connectivity index (χ4v) is 2.03. The molecule has 0 amide bonds. The van der Waals surface area contributed by atoms with E-state index in [-0.39, 0.29) is 10.6 Å². The molecule has 0 saturated carbocycles. The first kappa shape index (κ1) is 11.6. The van der Waals surface area contributed by atoms with Crippen molar-refractivity contribution in [1.29, 1.82) is 0 Å². The molecule has 0 bridgehead atoms. The molecule has 0 saturated heterocycles. The van der Waals surface area contributed by atoms with Gasteiger partial charge in [-0.1, -0.05) is 0 Å². The van der Waals surface area contributed by atoms with Gasteiger partial charge in [0, 0.05) is 30.8 Å². The second-order valence-corrected chi connectivity index (χ2v) is 4.27. The summed E-state index contributed by atoms with van der Waals surface area (Å²) in [4.78, 5) is 14.7. The van der Waals surface area contributed by atoms with Crippen molar-refractivity contribution in [1.82, 2.24) is 0 Å². The maximum atomic E-state index is 10.7. The molecule has 1 aromatic carbocycles. The first-order valence-corrected chi connectivity index (χ1v) is 5.64. The highest BCUT2D eigenvalue weighted by atomic mass is 16.6. The summed E-state index contributed by atoms with van der Waals surface area (Å²) in [6.07, 6.45) is 2.03. The van der Waals surface area contributed by atoms with Gasteiger partial charge in [-0.3, -0.25) is 15.1 Å². The highest BCUT2D eigenvalue weighted by Crippen LogP contribution is 2.26. The van der Waals surface area contributed by atoms with Gasteiger partial charge in [0.25, 0.3) is 5.69 Å². The van der Waals surface area contributed by atoms with E-state index < -0.39 is 0 Å². The van der Waals surface area contributed by atoms with Crippen molar-refractivity contribution in [3.63, 3.8) is 0 Å². The van der Waals surface area contributed by atoms with Crippen LogP contribution in [0.15, 0.2) is 17.1 Å². The number of non-ortho nitro benzene ring substituents is 1. The van der Waals surface area contributed by atoms with E-state index in [1.807, 2.05) is 13.8 Å². The minimum Gasteiger partial charge on any atom is -0.344 e. The van der Waals surface area contributed by atoms with Gasteiger partial charge in [0.05, 0.1) is 4.92 Å². The number of benzene rings is 1. The van der Waals surface area contributed by atoms with Crippen LogP contribution in [0.1, 0.15) is 24.0 Å². The van der Waals surface area contributed by atoms with Gasteiger partial charge in [-0.05, 0) is 31.4 Å². The predicted molar refractivity (Wildman–Crippen MR) is 67.7 cm³/mol. The Morgan fingerprint density at radius 3 is 2.47 bits per heavy atom. The monoisotopic (exact) mass is 233 g/mol. The van der Waals surface area contributed by atoms with Crippen LogP contribution < -0.4 is 5.32 Å². The van der Waals surface area contributed by atoms with Gasteiger partial charge < -0.3 is 5.32 Å². The van der Waals surface area contributed by atoms with Gasteiger partial charge in [-0.15, -0.1) is 0 Å². The summed E-state index contributed by atoms with van der Waals surface area (Å²) in [6.45, 7) is 4.61. The molecule has 1 aliphatic rings. The molecule has 1 aromatic rings. The van der Waals surface area contributed by atoms with Gasteiger partial charge in [-0.2, -0.15) is 0 Å². The third kappa shape index (κ3) is 2.43. The average Bonchev–Trinajstić information content (AvgIpc) is 2.75. The zero-order valence-electron chi connectivity index (χ0n) is 9.99. The summed E-state index contributed by atoms with van der Waals surface area (Å²) >= 11 is 0. The Morgan fingerprint density at radius 1 is 1.35 bits per heavy atom. The normalized spacial score (nSPS) is 14.6. The van der Waals surface area contributed by atoms with Crippen molar-refractivity contribution in [3.8, 4) is 0 Å². The van der Waals surface area contributed by atoms with E-state index >= 15 is 0 Å². The Kier molecular flexibility index (Phi) is 3.08. The second kappa shape index (κ2) is 4.53. The summed E-state index contributed by atoms with van der Waals surface area (Å²) in [5, 5.41) is 14.0. The SMILES string of the molecule is Cc1cc([N+](=O)[O-])cc(C)c1NC1=NCCC1. The van der Waals surface area contributed by atoms with E-state index in [0.29, 0.717) is 0 Å². The number of amidine groups is 1. The Labute approximate surface area is 99.7 Å². The molecular weight excluding hydrogens is 218 g/mol. The van der Waals surface area contributed by atoms with Gasteiger partial charge >= 0.3 is 0 Å². The molecule has 0 fully saturated rings. The zero-order chi connectivity index (χ0) is 12.4. The molecule has 0 spiro atoms. The lowest BCUT2D eigenvalue weighted by molar-refractivity contribution is -0.384. The second-order valence-electron chi connectivity index (χ2n) is 4.27. The van der Waals surface area contributed by atoms with E-state index in [2.05, 4.69) is 10.3 Å². The molecule has 0 aromatic heterocycles. The number of nitro groups is 1. The zero-order valence-corrected chi connectivity index (χ0v) is 9.99. The molecule has 1 aliphatic heterocycles. The smallest absolute Gasteiger partial charge is 0.270 e. The van der Waals surface area contributed by atoms with Crippen LogP contribution in [0.5, 0.6) is 0 Å². The average molecular weight is 233 g/mol. The highest BCUT2D eigenvalue weighted by molar-refractivity contribution is 5.97. The van der Waals surface area contributed by atoms with E-state index in [1.54, 1.807) is 12.1 Å². The summed E-state index contributed by atoms with van der Waals surface area (Å²) in [6, 6.07) is 3.18. The van der Waals surface area contributed by atoms with Crippen LogP contribution in [0, 0.1) is 24.0 Å². The lowest BCUT2D eigenvalue weighted by Gasteiger charge is -2.12. The largest absolute Gasteiger partial charge is 0.344 e. The number of hydrogen-bond donors (Lipinski definition) is 1. The topological polar surface area (TPSA) is 67.5 Å². The van der Waals surface area contributed by atoms with Crippen LogP contribution in [0.3, 0.4) is 0 Å². The first-order chi connectivity index (χ1) is 8.08. The molecule has 90 valence electrons. The van der Waals surface area contributed by atoms with Crippen molar-refractivity contribution in [3.05, 3.63) is 33.4 Å². The number of hydrogen-bond acceptors (Lipinski definition) is 4. The molecule has 0 radical (unpaired) electrons. The number of anilines is 1. The minimum absolute atomic E-state index is 0.138. The minimum atomic E-state index is -0.364. The first-order valence-electron chi connectivity index (χ1n) is 5.64. The van der Waals surface area contributed by atoms with Gasteiger partial charge in [0.1, 0.15) is 5.84 Å². The van der Waals surface area contributed by atoms with Crippen molar-refractivity contribution in [2.45, 2.75) is 26.7 Å². The maximum absolute atomic E-state index is 10.7. The summed E-state index contributed by atoms with van der Waals surface area (Å²) < 4.78 is 0. The van der Waals surface area contributed by atoms with Crippen molar-refractivity contribution >= 4 is 17.2 Å². The fourth-order valence-electron chi connectivity index (χ4n) is 2.03. The molecule has 0 atom stereocenters. The van der Waals surface area contributed by atoms with E-state index in [1.165, 1.54) is 0 Å². The van der Waals surface area contributed by atoms with E-state index in [4.69, 9.17) is 0 Å². The van der Waals surface area contributed by atoms with Gasteiger partial charge in [-0.25, -0.2) is 0 Å². The molecule has 0 aliphatic carbocycles. The fraction of sp³-hybridized carbons (Fsp3) is 0.417. The number of aryl methyl sites for hydroxylation is 2. The number of nitro benzene ring substituents is 1. The standard InChI is InChI=1S/C12H15N3O2/c1-8-6-10(15(16)17)7-9(2)12(8)14-11-4-3-5-13-11/h6-7H,3-5H2,1-2H3,(H,13,14). The molecule has 1 N–H and O–H groups in total. The Morgan fingerprint density at radius 2 is 2.00 bits per heavy atom. The summed E-state index contributed by atoms with van der Waals surface area (Å²) in [5.41, 5.74) is 2.84. The van der Waals surface area contributed by atoms with Crippen LogP contribution in [0.25, 0.3) is 0 Å². The Hall–Kier alpha value is -1.91. The van der Waals surface area contributed by atoms with Crippen molar-refractivity contribution < 1.29 is 4.92 Å². The third-order valence-corrected chi connectivity index (χ3v) is 2.87. The molecule has 17 heavy (non-hydrogen) atoms. The third-order valence-electron chi connectivity index (χ3n) is 2.87. The Balaban J connectivity index is 2.31. The predicted octanol–water partition coefficient (Wildman–Crippen LogP) is 2.82. The van der Waals surface area contributed by atoms with Gasteiger partial charge in [0.15, 0.2) is 0 Å². The quantitative estimate of drug-likeness (QED) is 0.630. The van der Waals surface area contributed by atoms with Crippen molar-refractivity contribution in [2.24, 2.45) is 4.99 Å². The molecule has 2 rings (SSSR count). The highest BCUT2D eigenvalue weighted by Gasteiger charge is 2.14. The Bertz CT molecular complexity index is 472.